The highest BCUT2D eigenvalue weighted by Crippen LogP contribution is 2.21. The third-order valence-corrected chi connectivity index (χ3v) is 6.94. The van der Waals surface area contributed by atoms with E-state index in [4.69, 9.17) is 0 Å². The molecular formula is C21H25N3O4S. The highest BCUT2D eigenvalue weighted by atomic mass is 32.2. The van der Waals surface area contributed by atoms with Gasteiger partial charge in [0.2, 0.25) is 15.9 Å². The minimum Gasteiger partial charge on any atom is -0.340 e. The second-order valence-electron chi connectivity index (χ2n) is 7.21. The van der Waals surface area contributed by atoms with Crippen LogP contribution in [0.2, 0.25) is 0 Å². The van der Waals surface area contributed by atoms with Crippen LogP contribution in [0.15, 0.2) is 47.4 Å². The van der Waals surface area contributed by atoms with Crippen LogP contribution in [0, 0.1) is 13.8 Å². The number of aryl methyl sites for hydroxylation is 2. The van der Waals surface area contributed by atoms with Gasteiger partial charge in [0, 0.05) is 44.4 Å². The largest absolute Gasteiger partial charge is 0.340 e. The Bertz CT molecular complexity index is 1040. The van der Waals surface area contributed by atoms with Crippen LogP contribution in [0.4, 0.5) is 5.69 Å². The average Bonchev–Trinajstić information content (AvgIpc) is 2.70. The predicted molar refractivity (Wildman–Crippen MR) is 111 cm³/mol. The van der Waals surface area contributed by atoms with Gasteiger partial charge in [-0.1, -0.05) is 23.8 Å². The molecule has 1 heterocycles. The number of carbonyl (C=O) groups is 2. The number of anilines is 1. The fourth-order valence-electron chi connectivity index (χ4n) is 3.34. The molecule has 0 radical (unpaired) electrons. The first-order valence-corrected chi connectivity index (χ1v) is 10.9. The molecule has 1 aliphatic rings. The van der Waals surface area contributed by atoms with E-state index >= 15 is 0 Å². The number of carbonyl (C=O) groups excluding carboxylic acids is 2. The molecule has 7 nitrogen and oxygen atoms in total. The van der Waals surface area contributed by atoms with Crippen LogP contribution < -0.4 is 5.32 Å². The number of sulfonamides is 1. The van der Waals surface area contributed by atoms with E-state index in [0.717, 1.165) is 11.1 Å². The number of nitrogens with zero attached hydrogens (tertiary/aromatic N) is 2. The van der Waals surface area contributed by atoms with Crippen molar-refractivity contribution in [2.24, 2.45) is 0 Å². The van der Waals surface area contributed by atoms with Crippen molar-refractivity contribution in [2.45, 2.75) is 25.7 Å². The van der Waals surface area contributed by atoms with Gasteiger partial charge in [-0.3, -0.25) is 9.59 Å². The highest BCUT2D eigenvalue weighted by Gasteiger charge is 2.29. The van der Waals surface area contributed by atoms with Crippen LogP contribution in [-0.2, 0) is 14.8 Å². The van der Waals surface area contributed by atoms with Crippen molar-refractivity contribution in [1.82, 2.24) is 9.21 Å². The van der Waals surface area contributed by atoms with Crippen LogP contribution in [-0.4, -0.2) is 55.6 Å². The maximum absolute atomic E-state index is 13.0. The lowest BCUT2D eigenvalue weighted by molar-refractivity contribution is -0.129. The number of amides is 2. The average molecular weight is 416 g/mol. The molecular weight excluding hydrogens is 390 g/mol. The Labute approximate surface area is 171 Å². The van der Waals surface area contributed by atoms with Crippen LogP contribution in [0.1, 0.15) is 28.4 Å². The summed E-state index contributed by atoms with van der Waals surface area (Å²) >= 11 is 0. The molecule has 0 aromatic heterocycles. The molecule has 29 heavy (non-hydrogen) atoms. The molecule has 8 heteroatoms. The third kappa shape index (κ3) is 4.65. The maximum Gasteiger partial charge on any atom is 0.255 e. The Balaban J connectivity index is 1.78. The standard InChI is InChI=1S/C21H25N3O4S/c1-15-7-8-20(16(2)13-15)22-21(26)18-5-4-6-19(14-18)29(27,28)24-11-9-23(10-12-24)17(3)25/h4-8,13-14H,9-12H2,1-3H3,(H,22,26). The van der Waals surface area contributed by atoms with Gasteiger partial charge < -0.3 is 10.2 Å². The number of rotatable bonds is 4. The van der Waals surface area contributed by atoms with Crippen molar-refractivity contribution in [3.8, 4) is 0 Å². The zero-order valence-corrected chi connectivity index (χ0v) is 17.6. The molecule has 0 saturated carbocycles. The molecule has 0 spiro atoms. The number of benzene rings is 2. The molecule has 1 N–H and O–H groups in total. The third-order valence-electron chi connectivity index (χ3n) is 5.05. The number of hydrogen-bond donors (Lipinski definition) is 1. The van der Waals surface area contributed by atoms with Crippen molar-refractivity contribution in [2.75, 3.05) is 31.5 Å². The van der Waals surface area contributed by atoms with E-state index < -0.39 is 10.0 Å². The first-order chi connectivity index (χ1) is 13.7. The summed E-state index contributed by atoms with van der Waals surface area (Å²) in [7, 11) is -3.74. The summed E-state index contributed by atoms with van der Waals surface area (Å²) in [5.41, 5.74) is 2.99. The number of nitrogens with one attached hydrogen (secondary N) is 1. The lowest BCUT2D eigenvalue weighted by Crippen LogP contribution is -2.49. The molecule has 2 aromatic carbocycles. The van der Waals surface area contributed by atoms with Gasteiger partial charge in [0.25, 0.3) is 5.91 Å². The molecule has 0 unspecified atom stereocenters. The Hall–Kier alpha value is -2.71. The van der Waals surface area contributed by atoms with E-state index in [9.17, 15) is 18.0 Å². The van der Waals surface area contributed by atoms with Gasteiger partial charge in [0.05, 0.1) is 4.90 Å². The summed E-state index contributed by atoms with van der Waals surface area (Å²) in [6.45, 7) is 6.56. The molecule has 2 aromatic rings. The van der Waals surface area contributed by atoms with Crippen LogP contribution in [0.3, 0.4) is 0 Å². The molecule has 0 aliphatic carbocycles. The molecule has 3 rings (SSSR count). The first kappa shape index (κ1) is 21.0. The minimum atomic E-state index is -3.74. The van der Waals surface area contributed by atoms with E-state index in [1.165, 1.54) is 23.4 Å². The summed E-state index contributed by atoms with van der Waals surface area (Å²) in [5, 5.41) is 2.84. The second kappa shape index (κ2) is 8.34. The van der Waals surface area contributed by atoms with Crippen molar-refractivity contribution < 1.29 is 18.0 Å². The quantitative estimate of drug-likeness (QED) is 0.831. The van der Waals surface area contributed by atoms with Gasteiger partial charge in [-0.2, -0.15) is 4.31 Å². The van der Waals surface area contributed by atoms with Gasteiger partial charge in [0.15, 0.2) is 0 Å². The van der Waals surface area contributed by atoms with Crippen LogP contribution >= 0.6 is 0 Å². The smallest absolute Gasteiger partial charge is 0.255 e. The molecule has 0 atom stereocenters. The van der Waals surface area contributed by atoms with Crippen LogP contribution in [0.5, 0.6) is 0 Å². The minimum absolute atomic E-state index is 0.0629. The van der Waals surface area contributed by atoms with E-state index in [-0.39, 0.29) is 35.4 Å². The summed E-state index contributed by atoms with van der Waals surface area (Å²) in [6.07, 6.45) is 0. The van der Waals surface area contributed by atoms with Gasteiger partial charge in [0.1, 0.15) is 0 Å². The molecule has 2 amide bonds. The summed E-state index contributed by atoms with van der Waals surface area (Å²) in [5.74, 6) is -0.428. The molecule has 0 bridgehead atoms. The second-order valence-corrected chi connectivity index (χ2v) is 9.15. The Morgan fingerprint density at radius 1 is 0.966 bits per heavy atom. The van der Waals surface area contributed by atoms with Gasteiger partial charge in [-0.05, 0) is 43.7 Å². The van der Waals surface area contributed by atoms with E-state index in [2.05, 4.69) is 5.32 Å². The molecule has 1 aliphatic heterocycles. The topological polar surface area (TPSA) is 86.8 Å². The predicted octanol–water partition coefficient (Wildman–Crippen LogP) is 2.41. The van der Waals surface area contributed by atoms with Gasteiger partial charge >= 0.3 is 0 Å². The van der Waals surface area contributed by atoms with Crippen LogP contribution in [0.25, 0.3) is 0 Å². The Morgan fingerprint density at radius 3 is 2.28 bits per heavy atom. The Morgan fingerprint density at radius 2 is 1.66 bits per heavy atom. The maximum atomic E-state index is 13.0. The van der Waals surface area contributed by atoms with Crippen molar-refractivity contribution in [3.63, 3.8) is 0 Å². The van der Waals surface area contributed by atoms with E-state index in [0.29, 0.717) is 18.8 Å². The lowest BCUT2D eigenvalue weighted by Gasteiger charge is -2.33. The van der Waals surface area contributed by atoms with Crippen molar-refractivity contribution in [1.29, 1.82) is 0 Å². The number of hydrogen-bond acceptors (Lipinski definition) is 4. The highest BCUT2D eigenvalue weighted by molar-refractivity contribution is 7.89. The Kier molecular flexibility index (Phi) is 6.04. The molecule has 154 valence electrons. The summed E-state index contributed by atoms with van der Waals surface area (Å²) < 4.78 is 27.3. The monoisotopic (exact) mass is 415 g/mol. The fourth-order valence-corrected chi connectivity index (χ4v) is 4.81. The summed E-state index contributed by atoms with van der Waals surface area (Å²) in [4.78, 5) is 25.8. The molecule has 1 saturated heterocycles. The van der Waals surface area contributed by atoms with Crippen molar-refractivity contribution in [3.05, 3.63) is 59.2 Å². The van der Waals surface area contributed by atoms with Gasteiger partial charge in [-0.15, -0.1) is 0 Å². The lowest BCUT2D eigenvalue weighted by atomic mass is 10.1. The SMILES string of the molecule is CC(=O)N1CCN(S(=O)(=O)c2cccc(C(=O)Nc3ccc(C)cc3C)c2)CC1. The van der Waals surface area contributed by atoms with E-state index in [1.54, 1.807) is 17.0 Å². The summed E-state index contributed by atoms with van der Waals surface area (Å²) in [6, 6.07) is 11.7. The normalized spacial score (nSPS) is 15.2. The molecule has 1 fully saturated rings. The van der Waals surface area contributed by atoms with Crippen molar-refractivity contribution >= 4 is 27.5 Å². The first-order valence-electron chi connectivity index (χ1n) is 9.43. The van der Waals surface area contributed by atoms with Gasteiger partial charge in [-0.25, -0.2) is 8.42 Å². The fraction of sp³-hybridized carbons (Fsp3) is 0.333. The van der Waals surface area contributed by atoms with E-state index in [1.807, 2.05) is 32.0 Å². The number of piperazine rings is 1. The zero-order chi connectivity index (χ0) is 21.2. The zero-order valence-electron chi connectivity index (χ0n) is 16.8.